The van der Waals surface area contributed by atoms with Gasteiger partial charge in [0, 0.05) is 31.5 Å². The van der Waals surface area contributed by atoms with Crippen LogP contribution in [-0.4, -0.2) is 52.0 Å². The van der Waals surface area contributed by atoms with Gasteiger partial charge in [0.2, 0.25) is 0 Å². The normalized spacial score (nSPS) is 16.3. The quantitative estimate of drug-likeness (QED) is 0.374. The molecule has 11 heteroatoms. The maximum absolute atomic E-state index is 12.0. The molecule has 4 aromatic rings. The van der Waals surface area contributed by atoms with Crippen molar-refractivity contribution in [2.24, 2.45) is 0 Å². The van der Waals surface area contributed by atoms with E-state index in [1.165, 1.54) is 12.3 Å². The Hall–Kier alpha value is -4.93. The van der Waals surface area contributed by atoms with Gasteiger partial charge in [0.15, 0.2) is 11.6 Å². The number of carbonyl (C=O) groups is 3. The molecule has 1 unspecified atom stereocenters. The molecule has 0 bridgehead atoms. The monoisotopic (exact) mass is 487 g/mol. The van der Waals surface area contributed by atoms with Crippen molar-refractivity contribution in [1.29, 1.82) is 0 Å². The Balaban J connectivity index is 0.000000174. The number of carbonyl (C=O) groups excluding carboxylic acids is 3. The number of rotatable bonds is 3. The summed E-state index contributed by atoms with van der Waals surface area (Å²) in [6.07, 6.45) is 3.08. The highest BCUT2D eigenvalue weighted by atomic mass is 16.5. The van der Waals surface area contributed by atoms with Crippen LogP contribution < -0.4 is 15.4 Å². The molecule has 11 nitrogen and oxygen atoms in total. The number of hydrogen-bond donors (Lipinski definition) is 3. The van der Waals surface area contributed by atoms with E-state index in [4.69, 9.17) is 9.15 Å². The van der Waals surface area contributed by atoms with Gasteiger partial charge in [-0.2, -0.15) is 0 Å². The lowest BCUT2D eigenvalue weighted by atomic mass is 10.0. The predicted octanol–water partition coefficient (Wildman–Crippen LogP) is 2.76. The van der Waals surface area contributed by atoms with E-state index in [0.29, 0.717) is 23.2 Å². The summed E-state index contributed by atoms with van der Waals surface area (Å²) in [6.45, 7) is 0.707. The molecule has 0 aliphatic carbocycles. The van der Waals surface area contributed by atoms with E-state index in [1.54, 1.807) is 49.5 Å². The maximum atomic E-state index is 12.0. The zero-order chi connectivity index (χ0) is 25.4. The Bertz CT molecular complexity index is 1510. The zero-order valence-electron chi connectivity index (χ0n) is 19.3. The van der Waals surface area contributed by atoms with Gasteiger partial charge in [-0.25, -0.2) is 4.79 Å². The largest absolute Gasteiger partial charge is 0.506 e. The maximum Gasteiger partial charge on any atom is 0.322 e. The number of furan rings is 1. The number of pyridine rings is 2. The SMILES string of the molecule is COc1ccc2c(c1)C(=O)N(C)C2.O=C1NC(=O)C(c2oc3cccnc3c2-c2ncccc2O)N1. The Morgan fingerprint density at radius 2 is 1.89 bits per heavy atom. The van der Waals surface area contributed by atoms with Crippen molar-refractivity contribution in [3.8, 4) is 22.8 Å². The predicted molar refractivity (Wildman–Crippen MR) is 127 cm³/mol. The Morgan fingerprint density at radius 1 is 1.11 bits per heavy atom. The number of nitrogens with one attached hydrogen (secondary N) is 2. The number of aromatic hydroxyl groups is 1. The van der Waals surface area contributed by atoms with Gasteiger partial charge in [-0.1, -0.05) is 6.07 Å². The van der Waals surface area contributed by atoms with Crippen molar-refractivity contribution >= 4 is 28.9 Å². The van der Waals surface area contributed by atoms with Gasteiger partial charge < -0.3 is 24.5 Å². The first kappa shape index (κ1) is 22.8. The van der Waals surface area contributed by atoms with Crippen LogP contribution in [0.1, 0.15) is 27.7 Å². The third kappa shape index (κ3) is 3.96. The van der Waals surface area contributed by atoms with Crippen molar-refractivity contribution in [2.45, 2.75) is 12.6 Å². The molecule has 3 aromatic heterocycles. The molecule has 0 spiro atoms. The number of aromatic nitrogens is 2. The van der Waals surface area contributed by atoms with Crippen molar-refractivity contribution in [3.05, 3.63) is 71.7 Å². The van der Waals surface area contributed by atoms with Crippen LogP contribution >= 0.6 is 0 Å². The molecule has 2 aliphatic heterocycles. The van der Waals surface area contributed by atoms with Crippen molar-refractivity contribution in [1.82, 2.24) is 25.5 Å². The number of amides is 4. The summed E-state index contributed by atoms with van der Waals surface area (Å²) in [5, 5.41) is 14.7. The Kier molecular flexibility index (Phi) is 5.72. The topological polar surface area (TPSA) is 147 Å². The molecule has 4 amide bonds. The summed E-state index contributed by atoms with van der Waals surface area (Å²) in [6, 6.07) is 10.4. The second-order valence-corrected chi connectivity index (χ2v) is 8.14. The number of methoxy groups -OCH3 is 1. The fourth-order valence-corrected chi connectivity index (χ4v) is 4.12. The summed E-state index contributed by atoms with van der Waals surface area (Å²) >= 11 is 0. The smallest absolute Gasteiger partial charge is 0.322 e. The molecule has 6 rings (SSSR count). The molecule has 1 aromatic carbocycles. The molecule has 3 N–H and O–H groups in total. The molecule has 36 heavy (non-hydrogen) atoms. The van der Waals surface area contributed by atoms with Crippen molar-refractivity contribution in [3.63, 3.8) is 0 Å². The minimum absolute atomic E-state index is 0.0770. The number of ether oxygens (including phenoxy) is 1. The summed E-state index contributed by atoms with van der Waals surface area (Å²) in [5.74, 6) is 0.380. The van der Waals surface area contributed by atoms with E-state index in [0.717, 1.165) is 16.9 Å². The molecular weight excluding hydrogens is 466 g/mol. The van der Waals surface area contributed by atoms with Gasteiger partial charge in [0.25, 0.3) is 11.8 Å². The fraction of sp³-hybridized carbons (Fsp3) is 0.160. The van der Waals surface area contributed by atoms with Crippen LogP contribution in [0.25, 0.3) is 22.4 Å². The summed E-state index contributed by atoms with van der Waals surface area (Å²) < 4.78 is 10.8. The lowest BCUT2D eigenvalue weighted by molar-refractivity contribution is -0.120. The second-order valence-electron chi connectivity index (χ2n) is 8.14. The van der Waals surface area contributed by atoms with Crippen LogP contribution in [0, 0.1) is 0 Å². The van der Waals surface area contributed by atoms with E-state index < -0.39 is 18.0 Å². The van der Waals surface area contributed by atoms with E-state index in [1.807, 2.05) is 12.1 Å². The highest BCUT2D eigenvalue weighted by Crippen LogP contribution is 2.40. The van der Waals surface area contributed by atoms with E-state index in [2.05, 4.69) is 20.6 Å². The van der Waals surface area contributed by atoms with Gasteiger partial charge in [-0.05, 0) is 42.0 Å². The fourth-order valence-electron chi connectivity index (χ4n) is 4.12. The third-order valence-corrected chi connectivity index (χ3v) is 5.84. The summed E-state index contributed by atoms with van der Waals surface area (Å²) in [7, 11) is 3.40. The number of benzene rings is 1. The van der Waals surface area contributed by atoms with Gasteiger partial charge in [0.05, 0.1) is 12.7 Å². The number of imide groups is 1. The first-order valence-electron chi connectivity index (χ1n) is 10.9. The third-order valence-electron chi connectivity index (χ3n) is 5.84. The number of urea groups is 1. The van der Waals surface area contributed by atoms with Crippen LogP contribution in [0.2, 0.25) is 0 Å². The van der Waals surface area contributed by atoms with Crippen LogP contribution in [0.5, 0.6) is 11.5 Å². The molecular formula is C25H21N5O6. The zero-order valence-corrected chi connectivity index (χ0v) is 19.3. The van der Waals surface area contributed by atoms with Crippen LogP contribution in [0.15, 0.2) is 59.3 Å². The molecule has 2 aliphatic rings. The molecule has 0 saturated carbocycles. The van der Waals surface area contributed by atoms with Crippen LogP contribution in [-0.2, 0) is 11.3 Å². The molecule has 0 radical (unpaired) electrons. The molecule has 1 fully saturated rings. The lowest BCUT2D eigenvalue weighted by Gasteiger charge is -2.08. The summed E-state index contributed by atoms with van der Waals surface area (Å²) in [5.41, 5.74) is 3.33. The van der Waals surface area contributed by atoms with Gasteiger partial charge in [0.1, 0.15) is 28.5 Å². The first-order chi connectivity index (χ1) is 17.4. The molecule has 1 atom stereocenters. The van der Waals surface area contributed by atoms with Gasteiger partial charge in [-0.3, -0.25) is 24.9 Å². The van der Waals surface area contributed by atoms with Crippen molar-refractivity contribution in [2.75, 3.05) is 14.2 Å². The van der Waals surface area contributed by atoms with Crippen LogP contribution in [0.4, 0.5) is 4.79 Å². The van der Waals surface area contributed by atoms with E-state index >= 15 is 0 Å². The average molecular weight is 487 g/mol. The molecule has 1 saturated heterocycles. The van der Waals surface area contributed by atoms with Crippen LogP contribution in [0.3, 0.4) is 0 Å². The summed E-state index contributed by atoms with van der Waals surface area (Å²) in [4.78, 5) is 45.0. The Labute approximate surface area is 204 Å². The average Bonchev–Trinajstić information content (AvgIpc) is 3.51. The highest BCUT2D eigenvalue weighted by molar-refractivity contribution is 6.06. The van der Waals surface area contributed by atoms with Gasteiger partial charge >= 0.3 is 6.03 Å². The first-order valence-corrected chi connectivity index (χ1v) is 10.9. The standard InChI is InChI=1S/C15H10N4O4.C10H11NO2/c20-7-3-1-5-16-10(7)9-11-8(4-2-6-17-11)23-13(9)12-14(21)19-15(22)18-12;1-11-6-7-3-4-8(13-2)5-9(7)10(11)12/h1-6,12,20H,(H2,18,19,21,22);3-5H,6H2,1-2H3. The van der Waals surface area contributed by atoms with E-state index in [9.17, 15) is 19.5 Å². The minimum Gasteiger partial charge on any atom is -0.506 e. The Morgan fingerprint density at radius 3 is 2.61 bits per heavy atom. The van der Waals surface area contributed by atoms with Gasteiger partial charge in [-0.15, -0.1) is 0 Å². The number of hydrogen-bond acceptors (Lipinski definition) is 8. The molecule has 182 valence electrons. The highest BCUT2D eigenvalue weighted by Gasteiger charge is 2.37. The lowest BCUT2D eigenvalue weighted by Crippen LogP contribution is -2.22. The molecule has 5 heterocycles. The number of nitrogens with zero attached hydrogens (tertiary/aromatic N) is 3. The number of fused-ring (bicyclic) bond motifs is 2. The van der Waals surface area contributed by atoms with E-state index in [-0.39, 0.29) is 23.1 Å². The minimum atomic E-state index is -1.01. The second kappa shape index (κ2) is 9.02. The van der Waals surface area contributed by atoms with Crippen molar-refractivity contribution < 1.29 is 28.6 Å².